The third-order valence-corrected chi connectivity index (χ3v) is 6.96. The van der Waals surface area contributed by atoms with Gasteiger partial charge in [-0.3, -0.25) is 9.63 Å². The molecule has 8 nitrogen and oxygen atoms in total. The number of rotatable bonds is 10. The fourth-order valence-corrected chi connectivity index (χ4v) is 5.03. The first-order chi connectivity index (χ1) is 18.5. The summed E-state index contributed by atoms with van der Waals surface area (Å²) >= 11 is 0. The molecule has 2 heterocycles. The van der Waals surface area contributed by atoms with Crippen LogP contribution < -0.4 is 10.1 Å². The van der Waals surface area contributed by atoms with Crippen LogP contribution >= 0.6 is 0 Å². The Morgan fingerprint density at radius 3 is 2.50 bits per heavy atom. The third-order valence-electron chi connectivity index (χ3n) is 6.96. The molecule has 4 N–H and O–H groups in total. The lowest BCUT2D eigenvalue weighted by Crippen LogP contribution is -2.48. The van der Waals surface area contributed by atoms with Gasteiger partial charge >= 0.3 is 0 Å². The van der Waals surface area contributed by atoms with Crippen molar-refractivity contribution in [2.24, 2.45) is 5.92 Å². The van der Waals surface area contributed by atoms with E-state index in [0.29, 0.717) is 25.3 Å². The lowest BCUT2D eigenvalue weighted by molar-refractivity contribution is -0.192. The monoisotopic (exact) mass is 515 g/mol. The molecule has 0 unspecified atom stereocenters. The van der Waals surface area contributed by atoms with Crippen molar-refractivity contribution in [1.29, 1.82) is 0 Å². The van der Waals surface area contributed by atoms with Gasteiger partial charge in [-0.1, -0.05) is 48.5 Å². The molecule has 1 aliphatic heterocycles. The van der Waals surface area contributed by atoms with Gasteiger partial charge in [0.25, 0.3) is 0 Å². The number of nitrogens with zero attached hydrogens (tertiary/aromatic N) is 1. The molecule has 0 radical (unpaired) electrons. The number of H-pyrrole nitrogens is 1. The summed E-state index contributed by atoms with van der Waals surface area (Å²) in [5, 5.41) is 26.2. The van der Waals surface area contributed by atoms with Gasteiger partial charge in [-0.05, 0) is 54.8 Å². The number of carbonyl (C=O) groups is 1. The van der Waals surface area contributed by atoms with E-state index >= 15 is 0 Å². The summed E-state index contributed by atoms with van der Waals surface area (Å²) in [4.78, 5) is 22.7. The van der Waals surface area contributed by atoms with Gasteiger partial charge < -0.3 is 25.3 Å². The van der Waals surface area contributed by atoms with Crippen molar-refractivity contribution >= 4 is 16.8 Å². The van der Waals surface area contributed by atoms with E-state index in [4.69, 9.17) is 9.57 Å². The Morgan fingerprint density at radius 2 is 1.76 bits per heavy atom. The topological polar surface area (TPSA) is 107 Å². The molecular weight excluding hydrogens is 482 g/mol. The Balaban J connectivity index is 1.26. The SMILES string of the molecule is C[C@@H](O)[C@H]1ON(Cc2ccc(Oc3ccccc3)cc2)[C@@H](C(=O)NCCc2c[nH]c3ccccc23)[C@H]1CO. The van der Waals surface area contributed by atoms with Crippen molar-refractivity contribution in [2.45, 2.75) is 38.1 Å². The minimum Gasteiger partial charge on any atom is -0.457 e. The summed E-state index contributed by atoms with van der Waals surface area (Å²) in [5.74, 6) is 0.641. The molecule has 4 atom stereocenters. The Kier molecular flexibility index (Phi) is 8.05. The van der Waals surface area contributed by atoms with Crippen LogP contribution in [-0.2, 0) is 22.6 Å². The highest BCUT2D eigenvalue weighted by molar-refractivity contribution is 5.84. The number of aliphatic hydroxyl groups excluding tert-OH is 2. The molecule has 3 aromatic carbocycles. The molecule has 0 aliphatic carbocycles. The Morgan fingerprint density at radius 1 is 1.05 bits per heavy atom. The predicted octanol–water partition coefficient (Wildman–Crippen LogP) is 3.79. The number of fused-ring (bicyclic) bond motifs is 1. The zero-order valence-corrected chi connectivity index (χ0v) is 21.3. The molecule has 1 fully saturated rings. The minimum absolute atomic E-state index is 0.240. The van der Waals surface area contributed by atoms with Crippen LogP contribution in [0.15, 0.2) is 85.1 Å². The first-order valence-corrected chi connectivity index (χ1v) is 12.9. The smallest absolute Gasteiger partial charge is 0.240 e. The minimum atomic E-state index is -0.847. The van der Waals surface area contributed by atoms with Gasteiger partial charge in [-0.2, -0.15) is 5.06 Å². The van der Waals surface area contributed by atoms with Crippen molar-refractivity contribution in [3.63, 3.8) is 0 Å². The summed E-state index contributed by atoms with van der Waals surface area (Å²) < 4.78 is 5.87. The van der Waals surface area contributed by atoms with Crippen LogP contribution in [0.2, 0.25) is 0 Å². The largest absolute Gasteiger partial charge is 0.457 e. The van der Waals surface area contributed by atoms with Gasteiger partial charge in [-0.25, -0.2) is 0 Å². The van der Waals surface area contributed by atoms with Gasteiger partial charge in [0, 0.05) is 29.6 Å². The second kappa shape index (κ2) is 11.8. The normalized spacial score (nSPS) is 20.4. The number of para-hydroxylation sites is 2. The number of aromatic amines is 1. The van der Waals surface area contributed by atoms with Crippen LogP contribution in [0.4, 0.5) is 0 Å². The number of hydrogen-bond donors (Lipinski definition) is 4. The number of benzene rings is 3. The van der Waals surface area contributed by atoms with Crippen molar-refractivity contribution in [2.75, 3.05) is 13.2 Å². The molecule has 8 heteroatoms. The maximum absolute atomic E-state index is 13.4. The van der Waals surface area contributed by atoms with E-state index in [1.807, 2.05) is 79.0 Å². The Hall–Kier alpha value is -3.69. The summed E-state index contributed by atoms with van der Waals surface area (Å²) in [5.41, 5.74) is 3.09. The van der Waals surface area contributed by atoms with E-state index < -0.39 is 24.2 Å². The number of hydrogen-bond acceptors (Lipinski definition) is 6. The second-order valence-corrected chi connectivity index (χ2v) is 9.64. The van der Waals surface area contributed by atoms with Crippen LogP contribution in [0.25, 0.3) is 10.9 Å². The van der Waals surface area contributed by atoms with Crippen molar-refractivity contribution in [1.82, 2.24) is 15.4 Å². The number of hydroxylamine groups is 2. The van der Waals surface area contributed by atoms with Gasteiger partial charge in [0.15, 0.2) is 0 Å². The van der Waals surface area contributed by atoms with E-state index in [1.54, 1.807) is 12.0 Å². The highest BCUT2D eigenvalue weighted by Crippen LogP contribution is 2.32. The van der Waals surface area contributed by atoms with Gasteiger partial charge in [-0.15, -0.1) is 0 Å². The van der Waals surface area contributed by atoms with E-state index in [0.717, 1.165) is 27.8 Å². The third kappa shape index (κ3) is 5.74. The standard InChI is InChI=1S/C30H33N3O5/c1-20(35)29-26(19-34)28(30(36)31-16-15-22-17-32-27-10-6-5-9-25(22)27)33(38-29)18-21-11-13-24(14-12-21)37-23-7-3-2-4-8-23/h2-14,17,20,26,28-29,32,34-35H,15-16,18-19H2,1H3,(H,31,36)/t20-,26-,28-,29-/m1/s1. The molecular formula is C30H33N3O5. The zero-order valence-electron chi connectivity index (χ0n) is 21.3. The average molecular weight is 516 g/mol. The summed E-state index contributed by atoms with van der Waals surface area (Å²) in [6, 6.07) is 24.4. The number of nitrogens with one attached hydrogen (secondary N) is 2. The highest BCUT2D eigenvalue weighted by Gasteiger charge is 2.48. The highest BCUT2D eigenvalue weighted by atomic mass is 16.7. The number of aromatic nitrogens is 1. The molecule has 1 saturated heterocycles. The number of amides is 1. The van der Waals surface area contributed by atoms with Crippen molar-refractivity contribution in [3.05, 3.63) is 96.2 Å². The molecule has 198 valence electrons. The molecule has 0 saturated carbocycles. The molecule has 4 aromatic rings. The maximum atomic E-state index is 13.4. The molecule has 5 rings (SSSR count). The maximum Gasteiger partial charge on any atom is 0.240 e. The lowest BCUT2D eigenvalue weighted by Gasteiger charge is -2.24. The molecule has 1 aliphatic rings. The average Bonchev–Trinajstić information content (AvgIpc) is 3.52. The van der Waals surface area contributed by atoms with Crippen LogP contribution in [0, 0.1) is 5.92 Å². The molecule has 38 heavy (non-hydrogen) atoms. The number of aliphatic hydroxyl groups is 2. The van der Waals surface area contributed by atoms with Crippen LogP contribution in [0.3, 0.4) is 0 Å². The van der Waals surface area contributed by atoms with Gasteiger partial charge in [0.05, 0.1) is 19.3 Å². The first-order valence-electron chi connectivity index (χ1n) is 12.9. The van der Waals surface area contributed by atoms with Gasteiger partial charge in [0.2, 0.25) is 5.91 Å². The first kappa shape index (κ1) is 25.9. The molecule has 1 amide bonds. The van der Waals surface area contributed by atoms with E-state index in [9.17, 15) is 15.0 Å². The lowest BCUT2D eigenvalue weighted by atomic mass is 9.92. The Labute approximate surface area is 221 Å². The summed E-state index contributed by atoms with van der Waals surface area (Å²) in [6.45, 7) is 2.08. The second-order valence-electron chi connectivity index (χ2n) is 9.64. The zero-order chi connectivity index (χ0) is 26.5. The molecule has 0 spiro atoms. The quantitative estimate of drug-likeness (QED) is 0.256. The van der Waals surface area contributed by atoms with E-state index in [2.05, 4.69) is 16.4 Å². The molecule has 1 aromatic heterocycles. The number of carbonyl (C=O) groups excluding carboxylic acids is 1. The van der Waals surface area contributed by atoms with Crippen LogP contribution in [0.1, 0.15) is 18.1 Å². The number of ether oxygens (including phenoxy) is 1. The fraction of sp³-hybridized carbons (Fsp3) is 0.300. The Bertz CT molecular complexity index is 1340. The van der Waals surface area contributed by atoms with E-state index in [1.165, 1.54) is 0 Å². The van der Waals surface area contributed by atoms with Crippen LogP contribution in [0.5, 0.6) is 11.5 Å². The van der Waals surface area contributed by atoms with Gasteiger partial charge in [0.1, 0.15) is 23.6 Å². The van der Waals surface area contributed by atoms with Crippen molar-refractivity contribution in [3.8, 4) is 11.5 Å². The predicted molar refractivity (Wildman–Crippen MR) is 144 cm³/mol. The summed E-state index contributed by atoms with van der Waals surface area (Å²) in [6.07, 6.45) is 1.09. The van der Waals surface area contributed by atoms with Crippen LogP contribution in [-0.4, -0.2) is 57.6 Å². The van der Waals surface area contributed by atoms with Crippen molar-refractivity contribution < 1.29 is 24.6 Å². The summed E-state index contributed by atoms with van der Waals surface area (Å²) in [7, 11) is 0. The molecule has 0 bridgehead atoms. The van der Waals surface area contributed by atoms with E-state index in [-0.39, 0.29) is 12.5 Å². The fourth-order valence-electron chi connectivity index (χ4n) is 5.03.